The summed E-state index contributed by atoms with van der Waals surface area (Å²) in [5.74, 6) is 0. The number of para-hydroxylation sites is 1. The number of nitrogens with one attached hydrogen (secondary N) is 2. The number of hydrogen-bond donors (Lipinski definition) is 2. The Hall–Kier alpha value is -3.05. The molecule has 0 aliphatic heterocycles. The second-order valence-electron chi connectivity index (χ2n) is 5.35. The summed E-state index contributed by atoms with van der Waals surface area (Å²) < 4.78 is 1.33. The maximum absolute atomic E-state index is 12.6. The Morgan fingerprint density at radius 3 is 2.17 bits per heavy atom. The molecule has 2 N–H and O–H groups in total. The molecule has 0 aliphatic carbocycles. The average molecular weight is 338 g/mol. The molecular formula is C18H12ClN3O2. The minimum absolute atomic E-state index is 0.00464. The van der Waals surface area contributed by atoms with Crippen LogP contribution in [0.15, 0.2) is 70.3 Å². The van der Waals surface area contributed by atoms with Gasteiger partial charge >= 0.3 is 0 Å². The Morgan fingerprint density at radius 1 is 0.875 bits per heavy atom. The van der Waals surface area contributed by atoms with Gasteiger partial charge in [-0.1, -0.05) is 60.1 Å². The number of hydrogen-bond acceptors (Lipinski definition) is 2. The molecule has 0 spiro atoms. The molecule has 0 saturated carbocycles. The van der Waals surface area contributed by atoms with Crippen molar-refractivity contribution in [1.29, 1.82) is 0 Å². The summed E-state index contributed by atoms with van der Waals surface area (Å²) in [6.45, 7) is 0. The van der Waals surface area contributed by atoms with Gasteiger partial charge in [-0.05, 0) is 17.7 Å². The fourth-order valence-corrected chi connectivity index (χ4v) is 2.95. The van der Waals surface area contributed by atoms with Crippen molar-refractivity contribution in [3.05, 3.63) is 86.3 Å². The summed E-state index contributed by atoms with van der Waals surface area (Å²) >= 11 is 6.23. The van der Waals surface area contributed by atoms with Gasteiger partial charge in [0.2, 0.25) is 5.43 Å². The third-order valence-electron chi connectivity index (χ3n) is 3.86. The molecule has 0 aliphatic rings. The lowest BCUT2D eigenvalue weighted by Crippen LogP contribution is -2.18. The molecule has 0 atom stereocenters. The van der Waals surface area contributed by atoms with Crippen LogP contribution in [0, 0.1) is 0 Å². The van der Waals surface area contributed by atoms with Crippen molar-refractivity contribution in [2.75, 3.05) is 0 Å². The maximum Gasteiger partial charge on any atom is 0.284 e. The van der Waals surface area contributed by atoms with Crippen LogP contribution in [-0.4, -0.2) is 14.8 Å². The Bertz CT molecular complexity index is 1140. The summed E-state index contributed by atoms with van der Waals surface area (Å²) in [6, 6.07) is 18.3. The third-order valence-corrected chi connectivity index (χ3v) is 4.22. The third kappa shape index (κ3) is 2.18. The van der Waals surface area contributed by atoms with Crippen LogP contribution < -0.4 is 11.0 Å². The van der Waals surface area contributed by atoms with E-state index in [0.717, 1.165) is 5.56 Å². The topological polar surface area (TPSA) is 70.7 Å². The molecule has 0 amide bonds. The van der Waals surface area contributed by atoms with Gasteiger partial charge in [-0.15, -0.1) is 0 Å². The summed E-state index contributed by atoms with van der Waals surface area (Å²) in [6.07, 6.45) is 0. The number of benzene rings is 2. The van der Waals surface area contributed by atoms with E-state index in [1.165, 1.54) is 4.68 Å². The predicted octanol–water partition coefficient (Wildman–Crippen LogP) is 3.33. The number of rotatable bonds is 2. The van der Waals surface area contributed by atoms with Gasteiger partial charge < -0.3 is 4.98 Å². The fraction of sp³-hybridized carbons (Fsp3) is 0. The highest BCUT2D eigenvalue weighted by atomic mass is 35.5. The highest BCUT2D eigenvalue weighted by Crippen LogP contribution is 2.24. The van der Waals surface area contributed by atoms with Gasteiger partial charge in [0.25, 0.3) is 5.56 Å². The quantitative estimate of drug-likeness (QED) is 0.589. The van der Waals surface area contributed by atoms with Crippen molar-refractivity contribution in [2.45, 2.75) is 0 Å². The number of H-pyrrole nitrogens is 2. The van der Waals surface area contributed by atoms with Gasteiger partial charge in [0.1, 0.15) is 16.1 Å². The van der Waals surface area contributed by atoms with Crippen LogP contribution in [0.1, 0.15) is 0 Å². The smallest absolute Gasteiger partial charge is 0.284 e. The van der Waals surface area contributed by atoms with E-state index in [2.05, 4.69) is 10.1 Å². The van der Waals surface area contributed by atoms with Crippen molar-refractivity contribution >= 4 is 22.6 Å². The van der Waals surface area contributed by atoms with Crippen molar-refractivity contribution in [3.8, 4) is 16.9 Å². The van der Waals surface area contributed by atoms with Gasteiger partial charge in [0.15, 0.2) is 0 Å². The second kappa shape index (κ2) is 5.54. The zero-order chi connectivity index (χ0) is 16.7. The van der Waals surface area contributed by atoms with Gasteiger partial charge in [-0.25, -0.2) is 4.68 Å². The summed E-state index contributed by atoms with van der Waals surface area (Å²) in [4.78, 5) is 28.3. The van der Waals surface area contributed by atoms with Crippen LogP contribution in [0.4, 0.5) is 0 Å². The molecule has 0 saturated heterocycles. The SMILES string of the molecule is O=c1c(Cl)c(-c2ccccc2)[nH]c2[nH]n(-c3ccccc3)c(=O)c12. The molecule has 0 fully saturated rings. The first kappa shape index (κ1) is 14.5. The highest BCUT2D eigenvalue weighted by Gasteiger charge is 2.18. The minimum Gasteiger partial charge on any atom is -0.338 e. The molecule has 5 nitrogen and oxygen atoms in total. The van der Waals surface area contributed by atoms with Gasteiger partial charge in [0, 0.05) is 0 Å². The number of aromatic nitrogens is 3. The average Bonchev–Trinajstić information content (AvgIpc) is 2.96. The van der Waals surface area contributed by atoms with Gasteiger partial charge in [-0.3, -0.25) is 14.7 Å². The lowest BCUT2D eigenvalue weighted by atomic mass is 10.1. The Labute approximate surface area is 141 Å². The molecule has 4 rings (SSSR count). The molecular weight excluding hydrogens is 326 g/mol. The number of aromatic amines is 2. The molecule has 0 radical (unpaired) electrons. The second-order valence-corrected chi connectivity index (χ2v) is 5.73. The first-order chi connectivity index (χ1) is 11.7. The van der Waals surface area contributed by atoms with E-state index in [1.54, 1.807) is 12.1 Å². The minimum atomic E-state index is -0.486. The Morgan fingerprint density at radius 2 is 1.50 bits per heavy atom. The van der Waals surface area contributed by atoms with E-state index in [9.17, 15) is 9.59 Å². The standard InChI is InChI=1S/C18H12ClN3O2/c19-14-15(11-7-3-1-4-8-11)20-17-13(16(14)23)18(24)22(21-17)12-9-5-2-6-10-12/h1-10H,(H2,20,21,23). The first-order valence-corrected chi connectivity index (χ1v) is 7.72. The first-order valence-electron chi connectivity index (χ1n) is 7.34. The molecule has 2 aromatic heterocycles. The highest BCUT2D eigenvalue weighted by molar-refractivity contribution is 6.33. The van der Waals surface area contributed by atoms with Crippen molar-refractivity contribution in [2.24, 2.45) is 0 Å². The lowest BCUT2D eigenvalue weighted by Gasteiger charge is -2.04. The van der Waals surface area contributed by atoms with Crippen LogP contribution >= 0.6 is 11.6 Å². The summed E-state index contributed by atoms with van der Waals surface area (Å²) in [5.41, 5.74) is 1.33. The maximum atomic E-state index is 12.6. The van der Waals surface area contributed by atoms with E-state index < -0.39 is 11.0 Å². The zero-order valence-corrected chi connectivity index (χ0v) is 13.2. The number of pyridine rings is 1. The Kier molecular flexibility index (Phi) is 3.36. The Balaban J connectivity index is 2.04. The number of fused-ring (bicyclic) bond motifs is 1. The molecule has 0 unspecified atom stereocenters. The van der Waals surface area contributed by atoms with E-state index in [4.69, 9.17) is 11.6 Å². The molecule has 24 heavy (non-hydrogen) atoms. The van der Waals surface area contributed by atoms with Crippen LogP contribution in [0.25, 0.3) is 28.0 Å². The molecule has 4 aromatic rings. The van der Waals surface area contributed by atoms with Crippen molar-refractivity contribution in [3.63, 3.8) is 0 Å². The molecule has 6 heteroatoms. The van der Waals surface area contributed by atoms with Crippen LogP contribution in [-0.2, 0) is 0 Å². The van der Waals surface area contributed by atoms with E-state index in [0.29, 0.717) is 17.0 Å². The molecule has 2 aromatic carbocycles. The number of halogens is 1. The molecule has 2 heterocycles. The van der Waals surface area contributed by atoms with E-state index in [1.807, 2.05) is 48.5 Å². The number of nitrogens with zero attached hydrogens (tertiary/aromatic N) is 1. The van der Waals surface area contributed by atoms with Crippen LogP contribution in [0.2, 0.25) is 5.02 Å². The van der Waals surface area contributed by atoms with E-state index >= 15 is 0 Å². The lowest BCUT2D eigenvalue weighted by molar-refractivity contribution is 0.858. The van der Waals surface area contributed by atoms with Gasteiger partial charge in [-0.2, -0.15) is 0 Å². The zero-order valence-electron chi connectivity index (χ0n) is 12.4. The van der Waals surface area contributed by atoms with Crippen LogP contribution in [0.3, 0.4) is 0 Å². The summed E-state index contributed by atoms with van der Waals surface area (Å²) in [7, 11) is 0. The molecule has 0 bridgehead atoms. The molecule has 118 valence electrons. The van der Waals surface area contributed by atoms with Crippen molar-refractivity contribution in [1.82, 2.24) is 14.8 Å². The fourth-order valence-electron chi connectivity index (χ4n) is 2.70. The van der Waals surface area contributed by atoms with Crippen molar-refractivity contribution < 1.29 is 0 Å². The van der Waals surface area contributed by atoms with Gasteiger partial charge in [0.05, 0.1) is 11.4 Å². The largest absolute Gasteiger partial charge is 0.338 e. The normalized spacial score (nSPS) is 11.0. The van der Waals surface area contributed by atoms with E-state index in [-0.39, 0.29) is 10.4 Å². The summed E-state index contributed by atoms with van der Waals surface area (Å²) in [5, 5.41) is 2.97. The van der Waals surface area contributed by atoms with Crippen LogP contribution in [0.5, 0.6) is 0 Å². The monoisotopic (exact) mass is 337 g/mol. The predicted molar refractivity (Wildman–Crippen MR) is 95.0 cm³/mol.